The molecule has 0 spiro atoms. The Morgan fingerprint density at radius 3 is 2.35 bits per heavy atom. The van der Waals surface area contributed by atoms with Gasteiger partial charge < -0.3 is 10.2 Å². The third kappa shape index (κ3) is 3.62. The van der Waals surface area contributed by atoms with E-state index in [2.05, 4.69) is 10.3 Å². The van der Waals surface area contributed by atoms with Crippen molar-refractivity contribution in [3.05, 3.63) is 54.6 Å². The molecular weight excluding hydrogens is 348 g/mol. The topological polar surface area (TPSA) is 65.0 Å². The fraction of sp³-hybridized carbons (Fsp3) is 0.158. The highest BCUT2D eigenvalue weighted by Crippen LogP contribution is 2.21. The van der Waals surface area contributed by atoms with E-state index < -0.39 is 17.7 Å². The van der Waals surface area contributed by atoms with E-state index in [4.69, 9.17) is 12.2 Å². The second-order valence-electron chi connectivity index (χ2n) is 5.97. The number of para-hydroxylation sites is 1. The van der Waals surface area contributed by atoms with Crippen molar-refractivity contribution < 1.29 is 9.59 Å². The van der Waals surface area contributed by atoms with E-state index in [-0.39, 0.29) is 5.11 Å². The lowest BCUT2D eigenvalue weighted by Gasteiger charge is -2.30. The summed E-state index contributed by atoms with van der Waals surface area (Å²) in [5.74, 6) is -1.92. The number of nitrogens with zero attached hydrogens (tertiary/aromatic N) is 3. The second kappa shape index (κ2) is 7.45. The molecular formula is C19H18N4O2S. The number of hydrogen-bond donors (Lipinski definition) is 1. The van der Waals surface area contributed by atoms with Gasteiger partial charge in [-0.2, -0.15) is 0 Å². The van der Waals surface area contributed by atoms with Gasteiger partial charge in [-0.05, 0) is 48.6 Å². The first-order valence-electron chi connectivity index (χ1n) is 8.03. The predicted molar refractivity (Wildman–Crippen MR) is 107 cm³/mol. The smallest absolute Gasteiger partial charge is 0.251 e. The van der Waals surface area contributed by atoms with E-state index in [9.17, 15) is 9.59 Å². The van der Waals surface area contributed by atoms with Crippen molar-refractivity contribution in [3.8, 4) is 0 Å². The fourth-order valence-electron chi connectivity index (χ4n) is 2.54. The number of carbonyl (C=O) groups excluding carboxylic acids is 2. The summed E-state index contributed by atoms with van der Waals surface area (Å²) in [6.45, 7) is 0. The predicted octanol–water partition coefficient (Wildman–Crippen LogP) is 2.52. The highest BCUT2D eigenvalue weighted by molar-refractivity contribution is 7.80. The van der Waals surface area contributed by atoms with Crippen LogP contribution in [-0.2, 0) is 9.59 Å². The number of carbonyl (C=O) groups is 2. The zero-order valence-electron chi connectivity index (χ0n) is 14.4. The molecule has 6 nitrogen and oxygen atoms in total. The van der Waals surface area contributed by atoms with Gasteiger partial charge in [0, 0.05) is 26.0 Å². The number of rotatable bonds is 4. The summed E-state index contributed by atoms with van der Waals surface area (Å²) in [5.41, 5.74) is 2.31. The van der Waals surface area contributed by atoms with Gasteiger partial charge >= 0.3 is 0 Å². The highest BCUT2D eigenvalue weighted by Gasteiger charge is 2.38. The highest BCUT2D eigenvalue weighted by atomic mass is 32.1. The maximum absolute atomic E-state index is 12.8. The molecule has 1 N–H and O–H groups in total. The van der Waals surface area contributed by atoms with Crippen molar-refractivity contribution in [1.82, 2.24) is 5.32 Å². The Kier molecular flexibility index (Phi) is 5.09. The van der Waals surface area contributed by atoms with Crippen LogP contribution in [0.5, 0.6) is 0 Å². The SMILES string of the molecule is CN(C)c1ccc(N=C[C@@H]2C(=O)NC(=S)N(c3ccccc3)C2=O)cc1. The van der Waals surface area contributed by atoms with Crippen LogP contribution in [0, 0.1) is 5.92 Å². The molecule has 1 heterocycles. The van der Waals surface area contributed by atoms with Gasteiger partial charge in [0.1, 0.15) is 0 Å². The third-order valence-electron chi connectivity index (χ3n) is 3.96. The van der Waals surface area contributed by atoms with Crippen molar-refractivity contribution in [2.24, 2.45) is 10.9 Å². The lowest BCUT2D eigenvalue weighted by Crippen LogP contribution is -2.58. The minimum Gasteiger partial charge on any atom is -0.378 e. The maximum atomic E-state index is 12.8. The molecule has 0 unspecified atom stereocenters. The lowest BCUT2D eigenvalue weighted by atomic mass is 10.1. The Morgan fingerprint density at radius 1 is 1.08 bits per heavy atom. The van der Waals surface area contributed by atoms with Gasteiger partial charge in [0.25, 0.3) is 5.91 Å². The maximum Gasteiger partial charge on any atom is 0.251 e. The average Bonchev–Trinajstić information content (AvgIpc) is 2.62. The number of thiocarbonyl (C=S) groups is 1. The van der Waals surface area contributed by atoms with Crippen molar-refractivity contribution in [2.75, 3.05) is 23.9 Å². The average molecular weight is 366 g/mol. The fourth-order valence-corrected chi connectivity index (χ4v) is 2.84. The number of hydrogen-bond acceptors (Lipinski definition) is 5. The van der Waals surface area contributed by atoms with Gasteiger partial charge in [-0.25, -0.2) is 0 Å². The largest absolute Gasteiger partial charge is 0.378 e. The first kappa shape index (κ1) is 17.8. The summed E-state index contributed by atoms with van der Waals surface area (Å²) in [6.07, 6.45) is 1.36. The van der Waals surface area contributed by atoms with E-state index in [1.807, 2.05) is 49.3 Å². The molecule has 1 fully saturated rings. The van der Waals surface area contributed by atoms with E-state index in [1.54, 1.807) is 24.3 Å². The summed E-state index contributed by atoms with van der Waals surface area (Å²) in [4.78, 5) is 32.6. The number of benzene rings is 2. The normalized spacial score (nSPS) is 17.5. The Hall–Kier alpha value is -3.06. The van der Waals surface area contributed by atoms with Crippen LogP contribution in [0.2, 0.25) is 0 Å². The van der Waals surface area contributed by atoms with Crippen molar-refractivity contribution >= 4 is 52.4 Å². The van der Waals surface area contributed by atoms with Gasteiger partial charge in [0.05, 0.1) is 11.4 Å². The second-order valence-corrected chi connectivity index (χ2v) is 6.36. The molecule has 1 aliphatic rings. The van der Waals surface area contributed by atoms with E-state index >= 15 is 0 Å². The van der Waals surface area contributed by atoms with Crippen LogP contribution in [-0.4, -0.2) is 37.2 Å². The molecule has 0 radical (unpaired) electrons. The van der Waals surface area contributed by atoms with Gasteiger partial charge in [-0.15, -0.1) is 0 Å². The van der Waals surface area contributed by atoms with E-state index in [1.165, 1.54) is 11.1 Å². The molecule has 0 bridgehead atoms. The number of anilines is 2. The minimum atomic E-state index is -1.03. The monoisotopic (exact) mass is 366 g/mol. The summed E-state index contributed by atoms with van der Waals surface area (Å²) < 4.78 is 0. The standard InChI is InChI=1S/C19H18N4O2S/c1-22(2)14-10-8-13(9-11-14)20-12-16-17(24)21-19(26)23(18(16)25)15-6-4-3-5-7-15/h3-12,16H,1-2H3,(H,21,24,26)/t16-/m1/s1. The zero-order chi connectivity index (χ0) is 18.7. The van der Waals surface area contributed by atoms with Crippen molar-refractivity contribution in [2.45, 2.75) is 0 Å². The van der Waals surface area contributed by atoms with Gasteiger partial charge in [-0.1, -0.05) is 18.2 Å². The quantitative estimate of drug-likeness (QED) is 0.513. The summed E-state index contributed by atoms with van der Waals surface area (Å²) >= 11 is 5.16. The van der Waals surface area contributed by atoms with Gasteiger partial charge in [-0.3, -0.25) is 19.5 Å². The van der Waals surface area contributed by atoms with Crippen LogP contribution in [0.1, 0.15) is 0 Å². The molecule has 2 aromatic rings. The first-order chi connectivity index (χ1) is 12.5. The third-order valence-corrected chi connectivity index (χ3v) is 4.24. The zero-order valence-corrected chi connectivity index (χ0v) is 15.2. The molecule has 0 aliphatic carbocycles. The number of aliphatic imine (C=N–C) groups is 1. The molecule has 3 rings (SSSR count). The molecule has 2 amide bonds. The van der Waals surface area contributed by atoms with Crippen LogP contribution in [0.25, 0.3) is 0 Å². The molecule has 1 saturated heterocycles. The lowest BCUT2D eigenvalue weighted by molar-refractivity contribution is -0.130. The summed E-state index contributed by atoms with van der Waals surface area (Å²) in [7, 11) is 3.90. The Morgan fingerprint density at radius 2 is 1.73 bits per heavy atom. The number of amides is 2. The minimum absolute atomic E-state index is 0.0752. The van der Waals surface area contributed by atoms with Crippen LogP contribution >= 0.6 is 12.2 Å². The van der Waals surface area contributed by atoms with Crippen molar-refractivity contribution in [3.63, 3.8) is 0 Å². The molecule has 1 aliphatic heterocycles. The Labute approximate surface area is 157 Å². The van der Waals surface area contributed by atoms with Crippen LogP contribution in [0.3, 0.4) is 0 Å². The van der Waals surface area contributed by atoms with Gasteiger partial charge in [0.2, 0.25) is 5.91 Å². The van der Waals surface area contributed by atoms with E-state index in [0.29, 0.717) is 11.4 Å². The van der Waals surface area contributed by atoms with Gasteiger partial charge in [0.15, 0.2) is 11.0 Å². The number of nitrogens with one attached hydrogen (secondary N) is 1. The van der Waals surface area contributed by atoms with Crippen LogP contribution < -0.4 is 15.1 Å². The molecule has 1 atom stereocenters. The molecule has 0 saturated carbocycles. The molecule has 132 valence electrons. The molecule has 2 aromatic carbocycles. The summed E-state index contributed by atoms with van der Waals surface area (Å²) in [6, 6.07) is 16.5. The Bertz CT molecular complexity index is 863. The Balaban J connectivity index is 1.83. The molecule has 0 aromatic heterocycles. The van der Waals surface area contributed by atoms with Crippen molar-refractivity contribution in [1.29, 1.82) is 0 Å². The molecule has 7 heteroatoms. The molecule has 26 heavy (non-hydrogen) atoms. The van der Waals surface area contributed by atoms with E-state index in [0.717, 1.165) is 5.69 Å². The van der Waals surface area contributed by atoms with Crippen LogP contribution in [0.4, 0.5) is 17.1 Å². The first-order valence-corrected chi connectivity index (χ1v) is 8.43. The summed E-state index contributed by atoms with van der Waals surface area (Å²) in [5, 5.41) is 2.64. The van der Waals surface area contributed by atoms with Crippen LogP contribution in [0.15, 0.2) is 59.6 Å².